The molecule has 1 spiro atoms. The number of rotatable bonds is 1. The lowest BCUT2D eigenvalue weighted by molar-refractivity contribution is -0.152. The van der Waals surface area contributed by atoms with E-state index in [1.807, 2.05) is 6.92 Å². The normalized spacial score (nSPS) is 35.7. The summed E-state index contributed by atoms with van der Waals surface area (Å²) >= 11 is 0. The van der Waals surface area contributed by atoms with Gasteiger partial charge in [-0.05, 0) is 37.2 Å². The van der Waals surface area contributed by atoms with Crippen LogP contribution >= 0.6 is 0 Å². The highest BCUT2D eigenvalue weighted by Crippen LogP contribution is 2.46. The summed E-state index contributed by atoms with van der Waals surface area (Å²) in [4.78, 5) is 11.6. The number of hydrogen-bond donors (Lipinski definition) is 0. The van der Waals surface area contributed by atoms with Crippen molar-refractivity contribution in [3.8, 4) is 0 Å². The fourth-order valence-corrected chi connectivity index (χ4v) is 3.51. The maximum Gasteiger partial charge on any atom is 0.309 e. The van der Waals surface area contributed by atoms with Gasteiger partial charge in [0.2, 0.25) is 0 Å². The molecule has 1 heterocycles. The van der Waals surface area contributed by atoms with Crippen LogP contribution in [0, 0.1) is 5.92 Å². The van der Waals surface area contributed by atoms with Gasteiger partial charge in [0.1, 0.15) is 5.60 Å². The summed E-state index contributed by atoms with van der Waals surface area (Å²) in [5.74, 6) is 0.748. The summed E-state index contributed by atoms with van der Waals surface area (Å²) in [6.07, 6.45) is 5.27. The monoisotopic (exact) mass is 244 g/mol. The molecule has 0 unspecified atom stereocenters. The average Bonchev–Trinajstić information content (AvgIpc) is 2.66. The molecule has 0 bridgehead atoms. The Hall–Kier alpha value is -1.31. The van der Waals surface area contributed by atoms with Crippen LogP contribution in [0.1, 0.15) is 50.5 Å². The molecule has 0 N–H and O–H groups in total. The Labute approximate surface area is 108 Å². The van der Waals surface area contributed by atoms with Gasteiger partial charge in [-0.2, -0.15) is 0 Å². The molecule has 1 saturated carbocycles. The molecule has 0 amide bonds. The average molecular weight is 244 g/mol. The molecule has 0 aromatic heterocycles. The van der Waals surface area contributed by atoms with Gasteiger partial charge in [0.15, 0.2) is 0 Å². The Kier molecular flexibility index (Phi) is 2.89. The summed E-state index contributed by atoms with van der Waals surface area (Å²) in [6, 6.07) is 10.7. The Bertz CT molecular complexity index is 430. The van der Waals surface area contributed by atoms with Crippen LogP contribution in [0.2, 0.25) is 0 Å². The third-order valence-corrected chi connectivity index (χ3v) is 4.57. The third-order valence-electron chi connectivity index (χ3n) is 4.57. The largest absolute Gasteiger partial charge is 0.459 e. The van der Waals surface area contributed by atoms with Gasteiger partial charge in [-0.15, -0.1) is 0 Å². The maximum atomic E-state index is 11.6. The van der Waals surface area contributed by atoms with E-state index in [1.54, 1.807) is 0 Å². The second-order valence-corrected chi connectivity index (χ2v) is 5.89. The number of carbonyl (C=O) groups is 1. The molecule has 1 aromatic carbocycles. The van der Waals surface area contributed by atoms with E-state index >= 15 is 0 Å². The number of benzene rings is 1. The van der Waals surface area contributed by atoms with Gasteiger partial charge in [0.05, 0.1) is 5.92 Å². The highest BCUT2D eigenvalue weighted by molar-refractivity contribution is 5.74. The van der Waals surface area contributed by atoms with Crippen LogP contribution in [-0.4, -0.2) is 11.6 Å². The highest BCUT2D eigenvalue weighted by atomic mass is 16.6. The van der Waals surface area contributed by atoms with Crippen molar-refractivity contribution in [1.29, 1.82) is 0 Å². The molecule has 2 heteroatoms. The topological polar surface area (TPSA) is 26.3 Å². The molecular weight excluding hydrogens is 224 g/mol. The van der Waals surface area contributed by atoms with Gasteiger partial charge in [-0.1, -0.05) is 37.3 Å². The zero-order valence-electron chi connectivity index (χ0n) is 10.9. The Morgan fingerprint density at radius 1 is 1.17 bits per heavy atom. The first-order valence-corrected chi connectivity index (χ1v) is 6.96. The quantitative estimate of drug-likeness (QED) is 0.705. The van der Waals surface area contributed by atoms with Crippen molar-refractivity contribution in [2.24, 2.45) is 5.92 Å². The van der Waals surface area contributed by atoms with Crippen LogP contribution in [0.5, 0.6) is 0 Å². The van der Waals surface area contributed by atoms with Crippen molar-refractivity contribution >= 4 is 5.97 Å². The van der Waals surface area contributed by atoms with E-state index in [4.69, 9.17) is 4.74 Å². The Balaban J connectivity index is 1.67. The fraction of sp³-hybridized carbons (Fsp3) is 0.562. The van der Waals surface area contributed by atoms with Gasteiger partial charge in [0, 0.05) is 6.42 Å². The summed E-state index contributed by atoms with van der Waals surface area (Å²) in [5.41, 5.74) is 1.31. The second kappa shape index (κ2) is 4.42. The molecule has 0 radical (unpaired) electrons. The molecule has 2 nitrogen and oxygen atoms in total. The van der Waals surface area contributed by atoms with Gasteiger partial charge in [0.25, 0.3) is 0 Å². The molecule has 1 atom stereocenters. The molecule has 1 saturated heterocycles. The Morgan fingerprint density at radius 2 is 1.83 bits per heavy atom. The molecular formula is C16H20O2. The lowest BCUT2D eigenvalue weighted by atomic mass is 9.74. The Morgan fingerprint density at radius 3 is 2.39 bits per heavy atom. The highest BCUT2D eigenvalue weighted by Gasteiger charge is 2.46. The van der Waals surface area contributed by atoms with Crippen molar-refractivity contribution in [2.75, 3.05) is 0 Å². The van der Waals surface area contributed by atoms with E-state index in [0.29, 0.717) is 5.92 Å². The second-order valence-electron chi connectivity index (χ2n) is 5.89. The van der Waals surface area contributed by atoms with E-state index in [1.165, 1.54) is 5.56 Å². The summed E-state index contributed by atoms with van der Waals surface area (Å²) in [7, 11) is 0. The number of hydrogen-bond acceptors (Lipinski definition) is 2. The summed E-state index contributed by atoms with van der Waals surface area (Å²) in [6.45, 7) is 1.99. The molecule has 18 heavy (non-hydrogen) atoms. The smallest absolute Gasteiger partial charge is 0.309 e. The number of esters is 1. The van der Waals surface area contributed by atoms with Gasteiger partial charge in [-0.3, -0.25) is 4.79 Å². The summed E-state index contributed by atoms with van der Waals surface area (Å²) < 4.78 is 5.65. The molecule has 96 valence electrons. The van der Waals surface area contributed by atoms with E-state index in [0.717, 1.165) is 32.1 Å². The van der Waals surface area contributed by atoms with Crippen LogP contribution in [0.4, 0.5) is 0 Å². The fourth-order valence-electron chi connectivity index (χ4n) is 3.51. The molecule has 2 fully saturated rings. The standard InChI is InChI=1S/C16H20O2/c1-12-11-16(18-15(12)17)9-7-14(8-10-16)13-5-3-2-4-6-13/h2-6,12,14H,7-11H2,1H3/t12-,14?,16?/m1/s1. The third kappa shape index (κ3) is 2.05. The van der Waals surface area contributed by atoms with Gasteiger partial charge in [-0.25, -0.2) is 0 Å². The number of carbonyl (C=O) groups excluding carboxylic acids is 1. The van der Waals surface area contributed by atoms with Crippen molar-refractivity contribution < 1.29 is 9.53 Å². The lowest BCUT2D eigenvalue weighted by Crippen LogP contribution is -2.33. The molecule has 1 aromatic rings. The van der Waals surface area contributed by atoms with Crippen molar-refractivity contribution in [1.82, 2.24) is 0 Å². The molecule has 3 rings (SSSR count). The van der Waals surface area contributed by atoms with Crippen LogP contribution in [0.3, 0.4) is 0 Å². The minimum absolute atomic E-state index is 0.00756. The maximum absolute atomic E-state index is 11.6. The number of ether oxygens (including phenoxy) is 1. The first-order chi connectivity index (χ1) is 8.69. The van der Waals surface area contributed by atoms with E-state index < -0.39 is 0 Å². The lowest BCUT2D eigenvalue weighted by Gasteiger charge is -2.36. The van der Waals surface area contributed by atoms with Crippen molar-refractivity contribution in [3.05, 3.63) is 35.9 Å². The van der Waals surface area contributed by atoms with Crippen molar-refractivity contribution in [3.63, 3.8) is 0 Å². The molecule has 1 aliphatic heterocycles. The van der Waals surface area contributed by atoms with Crippen LogP contribution < -0.4 is 0 Å². The molecule has 2 aliphatic rings. The van der Waals surface area contributed by atoms with Gasteiger partial charge >= 0.3 is 5.97 Å². The van der Waals surface area contributed by atoms with Crippen LogP contribution in [0.25, 0.3) is 0 Å². The summed E-state index contributed by atoms with van der Waals surface area (Å²) in [5, 5.41) is 0. The molecule has 1 aliphatic carbocycles. The predicted molar refractivity (Wildman–Crippen MR) is 70.3 cm³/mol. The predicted octanol–water partition coefficient (Wildman–Crippen LogP) is 3.67. The van der Waals surface area contributed by atoms with E-state index in [9.17, 15) is 4.79 Å². The zero-order valence-corrected chi connectivity index (χ0v) is 10.9. The van der Waals surface area contributed by atoms with E-state index in [-0.39, 0.29) is 17.5 Å². The SMILES string of the molecule is C[C@@H]1CC2(CCC(c3ccccc3)CC2)OC1=O. The van der Waals surface area contributed by atoms with Crippen LogP contribution in [0.15, 0.2) is 30.3 Å². The zero-order chi connectivity index (χ0) is 12.6. The van der Waals surface area contributed by atoms with Crippen LogP contribution in [-0.2, 0) is 9.53 Å². The van der Waals surface area contributed by atoms with Crippen molar-refractivity contribution in [2.45, 2.75) is 50.5 Å². The first kappa shape index (κ1) is 11.8. The van der Waals surface area contributed by atoms with E-state index in [2.05, 4.69) is 30.3 Å². The minimum Gasteiger partial charge on any atom is -0.459 e. The minimum atomic E-state index is -0.123. The van der Waals surface area contributed by atoms with Gasteiger partial charge < -0.3 is 4.74 Å². The first-order valence-electron chi connectivity index (χ1n) is 6.96.